The molecular weight excluding hydrogens is 280 g/mol. The second kappa shape index (κ2) is 7.05. The summed E-state index contributed by atoms with van der Waals surface area (Å²) >= 11 is 1.80. The summed E-state index contributed by atoms with van der Waals surface area (Å²) in [7, 11) is 1.72. The van der Waals surface area contributed by atoms with Gasteiger partial charge in [0.15, 0.2) is 0 Å². The number of aromatic nitrogens is 1. The number of hydrogen-bond acceptors (Lipinski definition) is 4. The molecule has 0 fully saturated rings. The zero-order valence-corrected chi connectivity index (χ0v) is 14.1. The van der Waals surface area contributed by atoms with E-state index in [1.807, 2.05) is 18.3 Å². The fraction of sp³-hybridized carbons (Fsp3) is 0.471. The highest BCUT2D eigenvalue weighted by Gasteiger charge is 2.17. The number of hydrogen-bond donors (Lipinski definition) is 1. The van der Waals surface area contributed by atoms with Crippen molar-refractivity contribution in [2.45, 2.75) is 39.2 Å². The average Bonchev–Trinajstić information content (AvgIpc) is 2.93. The van der Waals surface area contributed by atoms with Gasteiger partial charge in [0, 0.05) is 23.0 Å². The first-order valence-electron chi connectivity index (χ1n) is 7.28. The van der Waals surface area contributed by atoms with Gasteiger partial charge in [-0.3, -0.25) is 0 Å². The maximum atomic E-state index is 5.37. The number of thiazole rings is 1. The van der Waals surface area contributed by atoms with Gasteiger partial charge in [-0.15, -0.1) is 11.3 Å². The van der Waals surface area contributed by atoms with Gasteiger partial charge < -0.3 is 10.1 Å². The van der Waals surface area contributed by atoms with Crippen molar-refractivity contribution in [1.82, 2.24) is 10.3 Å². The van der Waals surface area contributed by atoms with Crippen LogP contribution in [0.25, 0.3) is 0 Å². The van der Waals surface area contributed by atoms with Gasteiger partial charge >= 0.3 is 0 Å². The lowest BCUT2D eigenvalue weighted by molar-refractivity contribution is 0.409. The smallest absolute Gasteiger partial charge is 0.122 e. The van der Waals surface area contributed by atoms with Gasteiger partial charge in [0.1, 0.15) is 5.75 Å². The molecule has 0 radical (unpaired) electrons. The number of nitrogens with zero attached hydrogens (tertiary/aromatic N) is 1. The SMILES string of the molecule is COc1ccccc1CCNCc1cnc(C(C)(C)C)s1. The van der Waals surface area contributed by atoms with Crippen LogP contribution in [0.3, 0.4) is 0 Å². The van der Waals surface area contributed by atoms with Gasteiger partial charge in [0.05, 0.1) is 12.1 Å². The molecule has 0 bridgehead atoms. The molecule has 114 valence electrons. The molecule has 3 nitrogen and oxygen atoms in total. The topological polar surface area (TPSA) is 34.1 Å². The summed E-state index contributed by atoms with van der Waals surface area (Å²) in [6.07, 6.45) is 2.95. The van der Waals surface area contributed by atoms with Crippen LogP contribution >= 0.6 is 11.3 Å². The molecule has 0 saturated heterocycles. The van der Waals surface area contributed by atoms with Crippen molar-refractivity contribution >= 4 is 11.3 Å². The molecular formula is C17H24N2OS. The van der Waals surface area contributed by atoms with Crippen LogP contribution in [0.1, 0.15) is 36.2 Å². The standard InChI is InChI=1S/C17H24N2OS/c1-17(2,3)16-19-12-14(21-16)11-18-10-9-13-7-5-6-8-15(13)20-4/h5-8,12,18H,9-11H2,1-4H3. The number of rotatable bonds is 6. The van der Waals surface area contributed by atoms with Crippen molar-refractivity contribution in [3.63, 3.8) is 0 Å². The zero-order valence-electron chi connectivity index (χ0n) is 13.3. The molecule has 0 unspecified atom stereocenters. The first kappa shape index (κ1) is 16.0. The Bertz CT molecular complexity index is 572. The Labute approximate surface area is 131 Å². The summed E-state index contributed by atoms with van der Waals surface area (Å²) in [6.45, 7) is 8.41. The third-order valence-electron chi connectivity index (χ3n) is 3.26. The number of ether oxygens (including phenoxy) is 1. The van der Waals surface area contributed by atoms with E-state index >= 15 is 0 Å². The minimum atomic E-state index is 0.139. The maximum absolute atomic E-state index is 5.37. The van der Waals surface area contributed by atoms with E-state index < -0.39 is 0 Å². The molecule has 2 aromatic rings. The Balaban J connectivity index is 1.81. The first-order valence-corrected chi connectivity index (χ1v) is 8.10. The summed E-state index contributed by atoms with van der Waals surface area (Å²) in [4.78, 5) is 5.80. The van der Waals surface area contributed by atoms with Crippen molar-refractivity contribution in [1.29, 1.82) is 0 Å². The van der Waals surface area contributed by atoms with Crippen LogP contribution in [0.5, 0.6) is 5.75 Å². The third-order valence-corrected chi connectivity index (χ3v) is 4.68. The molecule has 0 amide bonds. The first-order chi connectivity index (χ1) is 10.0. The molecule has 4 heteroatoms. The van der Waals surface area contributed by atoms with E-state index in [2.05, 4.69) is 43.2 Å². The predicted molar refractivity (Wildman–Crippen MR) is 89.2 cm³/mol. The highest BCUT2D eigenvalue weighted by molar-refractivity contribution is 7.11. The highest BCUT2D eigenvalue weighted by Crippen LogP contribution is 2.26. The van der Waals surface area contributed by atoms with E-state index in [0.29, 0.717) is 0 Å². The Kier molecular flexibility index (Phi) is 5.37. The second-order valence-electron chi connectivity index (χ2n) is 6.12. The van der Waals surface area contributed by atoms with Gasteiger partial charge in [0.2, 0.25) is 0 Å². The van der Waals surface area contributed by atoms with E-state index in [0.717, 1.165) is 25.3 Å². The molecule has 2 rings (SSSR count). The van der Waals surface area contributed by atoms with Gasteiger partial charge in [-0.2, -0.15) is 0 Å². The van der Waals surface area contributed by atoms with Gasteiger partial charge in [-0.25, -0.2) is 4.98 Å². The zero-order chi connectivity index (χ0) is 15.3. The average molecular weight is 304 g/mol. The highest BCUT2D eigenvalue weighted by atomic mass is 32.1. The molecule has 21 heavy (non-hydrogen) atoms. The Morgan fingerprint density at radius 3 is 2.67 bits per heavy atom. The molecule has 0 aliphatic heterocycles. The van der Waals surface area contributed by atoms with E-state index in [1.165, 1.54) is 15.4 Å². The Morgan fingerprint density at radius 1 is 1.24 bits per heavy atom. The molecule has 1 heterocycles. The molecule has 1 aromatic heterocycles. The lowest BCUT2D eigenvalue weighted by atomic mass is 9.98. The fourth-order valence-electron chi connectivity index (χ4n) is 2.08. The quantitative estimate of drug-likeness (QED) is 0.825. The lowest BCUT2D eigenvalue weighted by Gasteiger charge is -2.13. The summed E-state index contributed by atoms with van der Waals surface area (Å²) in [5.74, 6) is 0.965. The van der Waals surface area contributed by atoms with Crippen molar-refractivity contribution in [2.24, 2.45) is 0 Å². The number of methoxy groups -OCH3 is 1. The second-order valence-corrected chi connectivity index (χ2v) is 7.24. The van der Waals surface area contributed by atoms with Crippen molar-refractivity contribution in [3.8, 4) is 5.75 Å². The Hall–Kier alpha value is -1.39. The minimum Gasteiger partial charge on any atom is -0.496 e. The molecule has 0 aliphatic carbocycles. The maximum Gasteiger partial charge on any atom is 0.122 e. The molecule has 0 aliphatic rings. The Morgan fingerprint density at radius 2 is 2.00 bits per heavy atom. The van der Waals surface area contributed by atoms with Crippen LogP contribution in [0.2, 0.25) is 0 Å². The van der Waals surface area contributed by atoms with Crippen LogP contribution in [-0.4, -0.2) is 18.6 Å². The van der Waals surface area contributed by atoms with Crippen molar-refractivity contribution < 1.29 is 4.74 Å². The van der Waals surface area contributed by atoms with Crippen molar-refractivity contribution in [2.75, 3.05) is 13.7 Å². The van der Waals surface area contributed by atoms with E-state index in [4.69, 9.17) is 4.74 Å². The number of para-hydroxylation sites is 1. The van der Waals surface area contributed by atoms with E-state index in [-0.39, 0.29) is 5.41 Å². The molecule has 1 N–H and O–H groups in total. The van der Waals surface area contributed by atoms with Crippen LogP contribution in [-0.2, 0) is 18.4 Å². The van der Waals surface area contributed by atoms with Crippen LogP contribution < -0.4 is 10.1 Å². The van der Waals surface area contributed by atoms with Crippen LogP contribution in [0, 0.1) is 0 Å². The van der Waals surface area contributed by atoms with Crippen LogP contribution in [0.4, 0.5) is 0 Å². The number of nitrogens with one attached hydrogen (secondary N) is 1. The summed E-state index contributed by atoms with van der Waals surface area (Å²) in [6, 6.07) is 8.18. The normalized spacial score (nSPS) is 11.6. The van der Waals surface area contributed by atoms with E-state index in [9.17, 15) is 0 Å². The molecule has 0 spiro atoms. The molecule has 1 aromatic carbocycles. The molecule has 0 saturated carbocycles. The largest absolute Gasteiger partial charge is 0.496 e. The summed E-state index contributed by atoms with van der Waals surface area (Å²) in [5, 5.41) is 4.68. The lowest BCUT2D eigenvalue weighted by Crippen LogP contribution is -2.16. The van der Waals surface area contributed by atoms with Gasteiger partial charge in [-0.05, 0) is 24.6 Å². The molecule has 0 atom stereocenters. The predicted octanol–water partition coefficient (Wildman–Crippen LogP) is 3.78. The van der Waals surface area contributed by atoms with Crippen molar-refractivity contribution in [3.05, 3.63) is 45.9 Å². The van der Waals surface area contributed by atoms with Crippen LogP contribution in [0.15, 0.2) is 30.5 Å². The van der Waals surface area contributed by atoms with E-state index in [1.54, 1.807) is 18.4 Å². The van der Waals surface area contributed by atoms with Gasteiger partial charge in [-0.1, -0.05) is 39.0 Å². The fourth-order valence-corrected chi connectivity index (χ4v) is 3.02. The third kappa shape index (κ3) is 4.55. The number of benzene rings is 1. The van der Waals surface area contributed by atoms with Gasteiger partial charge in [0.25, 0.3) is 0 Å². The minimum absolute atomic E-state index is 0.139. The summed E-state index contributed by atoms with van der Waals surface area (Å²) in [5.41, 5.74) is 1.38. The monoisotopic (exact) mass is 304 g/mol. The summed E-state index contributed by atoms with van der Waals surface area (Å²) < 4.78 is 5.37.